The lowest BCUT2D eigenvalue weighted by Crippen LogP contribution is -2.34. The summed E-state index contributed by atoms with van der Waals surface area (Å²) in [4.78, 5) is 36.5. The molecule has 1 aliphatic rings. The predicted octanol–water partition coefficient (Wildman–Crippen LogP) is 0.192. The summed E-state index contributed by atoms with van der Waals surface area (Å²) >= 11 is 0. The summed E-state index contributed by atoms with van der Waals surface area (Å²) in [6.07, 6.45) is -2.07. The number of imide groups is 1. The van der Waals surface area contributed by atoms with E-state index < -0.39 is 79.4 Å². The Balaban J connectivity index is 2.21. The molecule has 2 aromatic carbocycles. The van der Waals surface area contributed by atoms with Gasteiger partial charge in [-0.1, -0.05) is 0 Å². The zero-order chi connectivity index (χ0) is 24.9. The number of fused-ring (bicyclic) bond motifs is 1. The summed E-state index contributed by atoms with van der Waals surface area (Å²) in [6, 6.07) is 2.17. The highest BCUT2D eigenvalue weighted by Gasteiger charge is 2.33. The van der Waals surface area contributed by atoms with E-state index in [0.717, 1.165) is 0 Å². The minimum atomic E-state index is -5.17. The molecule has 1 heterocycles. The molecular weight excluding hydrogens is 512 g/mol. The second kappa shape index (κ2) is 8.01. The molecule has 178 valence electrons. The van der Waals surface area contributed by atoms with Gasteiger partial charge in [0.05, 0.1) is 10.6 Å². The molecule has 15 nitrogen and oxygen atoms in total. The minimum absolute atomic E-state index is 0.117. The molecule has 0 aromatic heterocycles. The number of anilines is 1. The third-order valence-electron chi connectivity index (χ3n) is 4.26. The van der Waals surface area contributed by atoms with E-state index >= 15 is 0 Å². The van der Waals surface area contributed by atoms with Crippen LogP contribution in [0.1, 0.15) is 12.8 Å². The van der Waals surface area contributed by atoms with Gasteiger partial charge in [0.2, 0.25) is 0 Å². The summed E-state index contributed by atoms with van der Waals surface area (Å²) in [5.74, 6) is -1.73. The molecule has 1 fully saturated rings. The number of hydroxylamine groups is 2. The largest absolute Gasteiger partial charge is 0.436 e. The molecule has 33 heavy (non-hydrogen) atoms. The maximum Gasteiger partial charge on any atom is 0.436 e. The number of benzene rings is 2. The zero-order valence-electron chi connectivity index (χ0n) is 15.8. The van der Waals surface area contributed by atoms with Gasteiger partial charge in [-0.2, -0.15) is 25.3 Å². The molecular formula is C15H12N2O13S3. The third-order valence-corrected chi connectivity index (χ3v) is 6.88. The van der Waals surface area contributed by atoms with Crippen LogP contribution in [-0.4, -0.2) is 61.9 Å². The molecule has 0 spiro atoms. The van der Waals surface area contributed by atoms with E-state index in [9.17, 15) is 53.3 Å². The molecule has 0 atom stereocenters. The van der Waals surface area contributed by atoms with Crippen LogP contribution in [0.5, 0.6) is 0 Å². The smallest absolute Gasteiger partial charge is 0.311 e. The monoisotopic (exact) mass is 524 g/mol. The predicted molar refractivity (Wildman–Crippen MR) is 105 cm³/mol. The summed E-state index contributed by atoms with van der Waals surface area (Å²) < 4.78 is 98.2. The SMILES string of the molecule is O=C(Nc1cc2c(S(=O)(=O)O)cc(S(=O)(=O)O)cc2cc1S(=O)(=O)O)ON1C(=O)CCC1=O. The standard InChI is InChI=1S/C15H12N2O13S3/c18-13-1-2-14(19)17(13)30-15(20)16-10-6-9-7(4-12(10)33(27,28)29)3-8(31(21,22)23)5-11(9)32(24,25)26/h3-6H,1-2H2,(H,16,20)(H,21,22,23)(H,24,25,26)(H,27,28,29). The first-order valence-corrected chi connectivity index (χ1v) is 12.7. The lowest BCUT2D eigenvalue weighted by Gasteiger charge is -2.16. The average Bonchev–Trinajstić information content (AvgIpc) is 2.96. The zero-order valence-corrected chi connectivity index (χ0v) is 18.3. The van der Waals surface area contributed by atoms with Crippen molar-refractivity contribution in [1.29, 1.82) is 0 Å². The van der Waals surface area contributed by atoms with Crippen molar-refractivity contribution >= 4 is 64.7 Å². The molecule has 0 saturated carbocycles. The number of carbonyl (C=O) groups excluding carboxylic acids is 3. The van der Waals surface area contributed by atoms with Gasteiger partial charge >= 0.3 is 6.09 Å². The molecule has 0 radical (unpaired) electrons. The van der Waals surface area contributed by atoms with Crippen LogP contribution in [0.4, 0.5) is 10.5 Å². The topological polar surface area (TPSA) is 239 Å². The summed E-state index contributed by atoms with van der Waals surface area (Å²) in [5, 5.41) is 0.881. The van der Waals surface area contributed by atoms with Gasteiger partial charge in [-0.25, -0.2) is 4.79 Å². The molecule has 4 N–H and O–H groups in total. The van der Waals surface area contributed by atoms with E-state index in [4.69, 9.17) is 0 Å². The Morgan fingerprint density at radius 1 is 0.818 bits per heavy atom. The van der Waals surface area contributed by atoms with Crippen LogP contribution < -0.4 is 5.32 Å². The molecule has 0 unspecified atom stereocenters. The molecule has 1 saturated heterocycles. The Bertz CT molecular complexity index is 1530. The van der Waals surface area contributed by atoms with E-state index in [-0.39, 0.29) is 17.9 Å². The van der Waals surface area contributed by atoms with Gasteiger partial charge in [0, 0.05) is 18.2 Å². The fourth-order valence-electron chi connectivity index (χ4n) is 2.88. The minimum Gasteiger partial charge on any atom is -0.311 e. The van der Waals surface area contributed by atoms with Gasteiger partial charge < -0.3 is 4.84 Å². The van der Waals surface area contributed by atoms with Crippen LogP contribution >= 0.6 is 0 Å². The van der Waals surface area contributed by atoms with Crippen molar-refractivity contribution in [2.24, 2.45) is 0 Å². The van der Waals surface area contributed by atoms with Gasteiger partial charge in [-0.3, -0.25) is 28.6 Å². The Kier molecular flexibility index (Phi) is 5.94. The normalized spacial score (nSPS) is 15.2. The molecule has 2 aromatic rings. The Morgan fingerprint density at radius 3 is 1.85 bits per heavy atom. The van der Waals surface area contributed by atoms with Crippen LogP contribution in [0.15, 0.2) is 39.0 Å². The number of hydrogen-bond acceptors (Lipinski definition) is 10. The number of carbonyl (C=O) groups is 3. The van der Waals surface area contributed by atoms with Crippen LogP contribution in [0.2, 0.25) is 0 Å². The Morgan fingerprint density at radius 2 is 1.36 bits per heavy atom. The third kappa shape index (κ3) is 5.10. The van der Waals surface area contributed by atoms with Crippen molar-refractivity contribution in [2.75, 3.05) is 5.32 Å². The van der Waals surface area contributed by atoms with Gasteiger partial charge in [0.25, 0.3) is 42.2 Å². The number of hydrogen-bond donors (Lipinski definition) is 4. The number of nitrogens with one attached hydrogen (secondary N) is 1. The Labute approximate surface area is 185 Å². The molecule has 0 aliphatic carbocycles. The fraction of sp³-hybridized carbons (Fsp3) is 0.133. The van der Waals surface area contributed by atoms with E-state index in [1.807, 2.05) is 5.32 Å². The number of nitrogens with zero attached hydrogens (tertiary/aromatic N) is 1. The molecule has 0 bridgehead atoms. The van der Waals surface area contributed by atoms with Gasteiger partial charge in [-0.05, 0) is 29.7 Å². The van der Waals surface area contributed by atoms with Gasteiger partial charge in [0.1, 0.15) is 9.79 Å². The Hall–Kier alpha value is -3.16. The molecule has 3 amide bonds. The highest BCUT2D eigenvalue weighted by Crippen LogP contribution is 2.34. The number of rotatable bonds is 5. The first kappa shape index (κ1) is 24.5. The van der Waals surface area contributed by atoms with Crippen molar-refractivity contribution in [3.63, 3.8) is 0 Å². The van der Waals surface area contributed by atoms with E-state index in [2.05, 4.69) is 4.84 Å². The van der Waals surface area contributed by atoms with Crippen molar-refractivity contribution < 1.29 is 58.1 Å². The summed E-state index contributed by atoms with van der Waals surface area (Å²) in [6.45, 7) is 0. The lowest BCUT2D eigenvalue weighted by atomic mass is 10.1. The van der Waals surface area contributed by atoms with E-state index in [1.54, 1.807) is 0 Å². The molecule has 18 heteroatoms. The maximum atomic E-state index is 12.1. The van der Waals surface area contributed by atoms with Crippen LogP contribution in [0.25, 0.3) is 10.8 Å². The average molecular weight is 524 g/mol. The van der Waals surface area contributed by atoms with Crippen molar-refractivity contribution in [3.8, 4) is 0 Å². The van der Waals surface area contributed by atoms with Crippen molar-refractivity contribution in [3.05, 3.63) is 24.3 Å². The maximum absolute atomic E-state index is 12.1. The van der Waals surface area contributed by atoms with Crippen LogP contribution in [-0.2, 0) is 44.8 Å². The molecule has 3 rings (SSSR count). The van der Waals surface area contributed by atoms with Crippen LogP contribution in [0.3, 0.4) is 0 Å². The van der Waals surface area contributed by atoms with E-state index in [1.165, 1.54) is 0 Å². The van der Waals surface area contributed by atoms with Gasteiger partial charge in [0.15, 0.2) is 0 Å². The quantitative estimate of drug-likeness (QED) is 0.302. The first-order chi connectivity index (χ1) is 15.0. The van der Waals surface area contributed by atoms with Gasteiger partial charge in [-0.15, -0.1) is 5.06 Å². The summed E-state index contributed by atoms with van der Waals surface area (Å²) in [7, 11) is -15.4. The second-order valence-corrected chi connectivity index (χ2v) is 10.7. The van der Waals surface area contributed by atoms with Crippen molar-refractivity contribution in [2.45, 2.75) is 27.5 Å². The van der Waals surface area contributed by atoms with Crippen LogP contribution in [0, 0.1) is 0 Å². The lowest BCUT2D eigenvalue weighted by molar-refractivity contribution is -0.170. The molecule has 1 aliphatic heterocycles. The second-order valence-electron chi connectivity index (χ2n) is 6.50. The van der Waals surface area contributed by atoms with Crippen molar-refractivity contribution in [1.82, 2.24) is 5.06 Å². The highest BCUT2D eigenvalue weighted by atomic mass is 32.2. The highest BCUT2D eigenvalue weighted by molar-refractivity contribution is 7.87. The number of amides is 3. The first-order valence-electron chi connectivity index (χ1n) is 8.37. The summed E-state index contributed by atoms with van der Waals surface area (Å²) in [5.41, 5.74) is -0.821. The fourth-order valence-corrected chi connectivity index (χ4v) is 4.89. The van der Waals surface area contributed by atoms with E-state index in [0.29, 0.717) is 24.3 Å².